The number of amides is 2. The fourth-order valence-electron chi connectivity index (χ4n) is 2.83. The number of hydrogen-bond donors (Lipinski definition) is 2. The fourth-order valence-corrected chi connectivity index (χ4v) is 4.55. The highest BCUT2D eigenvalue weighted by atomic mass is 32.2. The average molecular weight is 398 g/mol. The van der Waals surface area contributed by atoms with Crippen LogP contribution in [0.3, 0.4) is 0 Å². The average Bonchev–Trinajstić information content (AvgIpc) is 2.94. The summed E-state index contributed by atoms with van der Waals surface area (Å²) in [6, 6.07) is 0.128. The lowest BCUT2D eigenvalue weighted by Gasteiger charge is -2.29. The highest BCUT2D eigenvalue weighted by Crippen LogP contribution is 2.26. The second-order valence-electron chi connectivity index (χ2n) is 6.52. The number of primary amides is 1. The van der Waals surface area contributed by atoms with Gasteiger partial charge < -0.3 is 15.5 Å². The van der Waals surface area contributed by atoms with E-state index in [4.69, 9.17) is 10.2 Å². The van der Waals surface area contributed by atoms with Crippen molar-refractivity contribution in [2.45, 2.75) is 44.0 Å². The molecule has 1 unspecified atom stereocenters. The summed E-state index contributed by atoms with van der Waals surface area (Å²) in [5.41, 5.74) is 5.19. The number of furan rings is 1. The molecule has 149 valence electrons. The minimum absolute atomic E-state index is 0.0218. The van der Waals surface area contributed by atoms with Crippen LogP contribution in [-0.4, -0.2) is 49.5 Å². The van der Waals surface area contributed by atoms with Crippen molar-refractivity contribution in [3.63, 3.8) is 0 Å². The maximum Gasteiger partial charge on any atom is 0.270 e. The lowest BCUT2D eigenvalue weighted by molar-refractivity contribution is -0.131. The van der Waals surface area contributed by atoms with Gasteiger partial charge >= 0.3 is 0 Å². The van der Waals surface area contributed by atoms with Gasteiger partial charge in [-0.3, -0.25) is 14.4 Å². The number of hydrogen-bond acceptors (Lipinski definition) is 7. The fraction of sp³-hybridized carbons (Fsp3) is 0.529. The van der Waals surface area contributed by atoms with Gasteiger partial charge in [0.2, 0.25) is 11.8 Å². The Kier molecular flexibility index (Phi) is 6.77. The monoisotopic (exact) mass is 398 g/mol. The van der Waals surface area contributed by atoms with E-state index in [1.54, 1.807) is 0 Å². The van der Waals surface area contributed by atoms with Crippen molar-refractivity contribution in [2.24, 2.45) is 11.7 Å². The lowest BCUT2D eigenvalue weighted by Crippen LogP contribution is -2.49. The van der Waals surface area contributed by atoms with Crippen LogP contribution >= 0.6 is 0 Å². The molecule has 2 rings (SSSR count). The number of carbonyl (C=O) groups excluding carboxylic acids is 3. The van der Waals surface area contributed by atoms with Crippen LogP contribution in [0.25, 0.3) is 0 Å². The molecule has 0 spiro atoms. The molecule has 27 heavy (non-hydrogen) atoms. The first-order valence-electron chi connectivity index (χ1n) is 8.64. The van der Waals surface area contributed by atoms with E-state index >= 15 is 0 Å². The smallest absolute Gasteiger partial charge is 0.270 e. The van der Waals surface area contributed by atoms with Gasteiger partial charge in [-0.05, 0) is 38.8 Å². The van der Waals surface area contributed by atoms with Crippen LogP contribution in [-0.2, 0) is 24.4 Å². The van der Waals surface area contributed by atoms with E-state index < -0.39 is 33.8 Å². The van der Waals surface area contributed by atoms with Gasteiger partial charge in [-0.2, -0.15) is 0 Å². The molecule has 1 radical (unpaired) electrons. The molecule has 2 amide bonds. The number of Topliss-reactive ketones (excluding diaryl/α,β-unsaturated/α-hetero) is 1. The van der Waals surface area contributed by atoms with Crippen LogP contribution in [0.5, 0.6) is 0 Å². The van der Waals surface area contributed by atoms with Crippen molar-refractivity contribution in [3.8, 4) is 0 Å². The predicted octanol–water partition coefficient (Wildman–Crippen LogP) is 0.142. The molecule has 10 heteroatoms. The Morgan fingerprint density at radius 2 is 2.19 bits per heavy atom. The van der Waals surface area contributed by atoms with Crippen LogP contribution in [0.4, 0.5) is 0 Å². The highest BCUT2D eigenvalue weighted by Gasteiger charge is 2.40. The number of nitrogens with one attached hydrogen (secondary N) is 1. The maximum absolute atomic E-state index is 13.2. The van der Waals surface area contributed by atoms with Gasteiger partial charge in [0.05, 0.1) is 19.2 Å². The van der Waals surface area contributed by atoms with Gasteiger partial charge in [0.15, 0.2) is 5.78 Å². The molecule has 0 aliphatic carbocycles. The maximum atomic E-state index is 13.2. The molecule has 0 saturated carbocycles. The summed E-state index contributed by atoms with van der Waals surface area (Å²) >= 11 is 0. The molecular weight excluding hydrogens is 374 g/mol. The zero-order valence-corrected chi connectivity index (χ0v) is 16.1. The summed E-state index contributed by atoms with van der Waals surface area (Å²) in [5.74, 6) is -2.36. The minimum atomic E-state index is -4.31. The standard InChI is InChI=1S/C17H24N3O6S/c1-11(17(18)23)5-6-16(22)20(13-4-3-8-19-10-14(13)21)27(24,25)15-7-9-26-12(15)2/h6-7,9,11,13,19H,3-5,8,10H2,1-2H3,(H2,18,23)/t11?,13-/m0/s1. The molecule has 9 nitrogen and oxygen atoms in total. The Labute approximate surface area is 158 Å². The van der Waals surface area contributed by atoms with E-state index in [1.807, 2.05) is 0 Å². The van der Waals surface area contributed by atoms with E-state index in [0.29, 0.717) is 17.3 Å². The molecule has 1 saturated heterocycles. The summed E-state index contributed by atoms with van der Waals surface area (Å²) in [5, 5.41) is 2.91. The van der Waals surface area contributed by atoms with E-state index in [9.17, 15) is 22.8 Å². The largest absolute Gasteiger partial charge is 0.468 e. The van der Waals surface area contributed by atoms with Crippen LogP contribution in [0, 0.1) is 19.3 Å². The molecule has 1 aromatic rings. The topological polar surface area (TPSA) is 140 Å². The van der Waals surface area contributed by atoms with Gasteiger partial charge in [0.25, 0.3) is 10.0 Å². The first-order chi connectivity index (χ1) is 12.7. The van der Waals surface area contributed by atoms with Crippen LogP contribution in [0.2, 0.25) is 0 Å². The first-order valence-corrected chi connectivity index (χ1v) is 10.1. The van der Waals surface area contributed by atoms with Crippen molar-refractivity contribution in [1.29, 1.82) is 0 Å². The summed E-state index contributed by atoms with van der Waals surface area (Å²) in [4.78, 5) is 36.3. The quantitative estimate of drug-likeness (QED) is 0.666. The second-order valence-corrected chi connectivity index (χ2v) is 8.31. The molecule has 0 aromatic carbocycles. The summed E-state index contributed by atoms with van der Waals surface area (Å²) < 4.78 is 32.0. The number of rotatable bonds is 7. The number of sulfonamides is 1. The summed E-state index contributed by atoms with van der Waals surface area (Å²) in [6.45, 7) is 3.53. The Hall–Kier alpha value is -2.20. The number of nitrogens with two attached hydrogens (primary N) is 1. The molecule has 3 N–H and O–H groups in total. The van der Waals surface area contributed by atoms with Crippen LogP contribution < -0.4 is 11.1 Å². The molecular formula is C17H24N3O6S. The minimum Gasteiger partial charge on any atom is -0.468 e. The first kappa shape index (κ1) is 21.1. The molecule has 1 aromatic heterocycles. The zero-order valence-electron chi connectivity index (χ0n) is 15.3. The molecule has 1 aliphatic heterocycles. The van der Waals surface area contributed by atoms with Crippen molar-refractivity contribution < 1.29 is 27.2 Å². The Balaban J connectivity index is 2.39. The zero-order chi connectivity index (χ0) is 20.2. The second kappa shape index (κ2) is 8.66. The Bertz CT molecular complexity index is 816. The molecule has 2 atom stereocenters. The van der Waals surface area contributed by atoms with Gasteiger partial charge in [-0.25, -0.2) is 12.7 Å². The highest BCUT2D eigenvalue weighted by molar-refractivity contribution is 7.89. The van der Waals surface area contributed by atoms with Gasteiger partial charge in [0.1, 0.15) is 16.7 Å². The van der Waals surface area contributed by atoms with Gasteiger partial charge in [-0.15, -0.1) is 0 Å². The predicted molar refractivity (Wildman–Crippen MR) is 95.7 cm³/mol. The molecule has 0 bridgehead atoms. The van der Waals surface area contributed by atoms with Gasteiger partial charge in [-0.1, -0.05) is 6.92 Å². The number of nitrogens with zero attached hydrogens (tertiary/aromatic N) is 1. The summed E-state index contributed by atoms with van der Waals surface area (Å²) in [6.07, 6.45) is 3.03. The van der Waals surface area contributed by atoms with E-state index in [1.165, 1.54) is 26.2 Å². The van der Waals surface area contributed by atoms with Crippen molar-refractivity contribution in [2.75, 3.05) is 13.1 Å². The van der Waals surface area contributed by atoms with E-state index in [2.05, 4.69) is 5.32 Å². The Morgan fingerprint density at radius 3 is 2.78 bits per heavy atom. The molecule has 1 fully saturated rings. The molecule has 1 aliphatic rings. The third-order valence-corrected chi connectivity index (χ3v) is 6.41. The van der Waals surface area contributed by atoms with Crippen LogP contribution in [0.1, 0.15) is 31.9 Å². The molecule has 2 heterocycles. The van der Waals surface area contributed by atoms with Crippen molar-refractivity contribution >= 4 is 27.6 Å². The van der Waals surface area contributed by atoms with Crippen molar-refractivity contribution in [1.82, 2.24) is 9.62 Å². The number of carbonyl (C=O) groups is 3. The van der Waals surface area contributed by atoms with Gasteiger partial charge in [0, 0.05) is 5.92 Å². The number of ketones is 1. The Morgan fingerprint density at radius 1 is 1.48 bits per heavy atom. The third-order valence-electron chi connectivity index (χ3n) is 4.48. The lowest BCUT2D eigenvalue weighted by atomic mass is 10.0. The third kappa shape index (κ3) is 4.75. The normalized spacial score (nSPS) is 19.3. The van der Waals surface area contributed by atoms with Crippen molar-refractivity contribution in [3.05, 3.63) is 24.5 Å². The van der Waals surface area contributed by atoms with E-state index in [0.717, 1.165) is 6.42 Å². The SMILES string of the molecule is Cc1occc1S(=O)(=O)N(C(=O)[CH]CC(C)C(N)=O)[C@H]1CCCNCC1=O. The van der Waals surface area contributed by atoms with Crippen LogP contribution in [0.15, 0.2) is 21.6 Å². The number of aryl methyl sites for hydroxylation is 1. The summed E-state index contributed by atoms with van der Waals surface area (Å²) in [7, 11) is -4.31. The van der Waals surface area contributed by atoms with E-state index in [-0.39, 0.29) is 35.8 Å².